The summed E-state index contributed by atoms with van der Waals surface area (Å²) < 4.78 is 0. The predicted molar refractivity (Wildman–Crippen MR) is 91.5 cm³/mol. The van der Waals surface area contributed by atoms with E-state index in [1.54, 1.807) is 6.08 Å². The van der Waals surface area contributed by atoms with Crippen molar-refractivity contribution in [1.82, 2.24) is 0 Å². The van der Waals surface area contributed by atoms with Crippen LogP contribution in [0.3, 0.4) is 0 Å². The number of carbonyl (C=O) groups excluding carboxylic acids is 1. The van der Waals surface area contributed by atoms with Gasteiger partial charge in [0.15, 0.2) is 0 Å². The highest BCUT2D eigenvalue weighted by Crippen LogP contribution is 2.61. The average Bonchev–Trinajstić information content (AvgIpc) is 2.46. The fourth-order valence-electron chi connectivity index (χ4n) is 5.21. The third-order valence-corrected chi connectivity index (χ3v) is 6.71. The number of fused-ring (bicyclic) bond motifs is 1. The molecule has 2 heteroatoms. The summed E-state index contributed by atoms with van der Waals surface area (Å²) in [5.41, 5.74) is 0.452. The van der Waals surface area contributed by atoms with Crippen LogP contribution in [0, 0.1) is 22.7 Å². The van der Waals surface area contributed by atoms with E-state index in [4.69, 9.17) is 0 Å². The second-order valence-electron chi connectivity index (χ2n) is 8.39. The van der Waals surface area contributed by atoms with Crippen molar-refractivity contribution in [2.45, 2.75) is 71.3 Å². The molecule has 5 unspecified atom stereocenters. The fraction of sp³-hybridized carbons (Fsp3) is 0.750. The quantitative estimate of drug-likeness (QED) is 0.591. The van der Waals surface area contributed by atoms with Crippen molar-refractivity contribution in [2.75, 3.05) is 0 Å². The van der Waals surface area contributed by atoms with Crippen LogP contribution in [-0.4, -0.2) is 17.0 Å². The Morgan fingerprint density at radius 3 is 2.68 bits per heavy atom. The number of allylic oxidation sites excluding steroid dienone is 1. The van der Waals surface area contributed by atoms with Crippen LogP contribution in [0.15, 0.2) is 24.8 Å². The third-order valence-electron chi connectivity index (χ3n) is 6.71. The van der Waals surface area contributed by atoms with Gasteiger partial charge >= 0.3 is 0 Å². The lowest BCUT2D eigenvalue weighted by molar-refractivity contribution is -0.130. The minimum atomic E-state index is -0.813. The molecule has 0 saturated heterocycles. The number of rotatable bonds is 5. The molecule has 0 aromatic rings. The van der Waals surface area contributed by atoms with E-state index < -0.39 is 5.60 Å². The summed E-state index contributed by atoms with van der Waals surface area (Å²) in [5.74, 6) is 0.840. The first-order valence-electron chi connectivity index (χ1n) is 8.68. The second kappa shape index (κ2) is 5.96. The van der Waals surface area contributed by atoms with Gasteiger partial charge in [0.05, 0.1) is 5.60 Å². The smallest absolute Gasteiger partial charge is 0.126 e. The monoisotopic (exact) mass is 304 g/mol. The van der Waals surface area contributed by atoms with Crippen molar-refractivity contribution in [3.63, 3.8) is 0 Å². The van der Waals surface area contributed by atoms with Gasteiger partial charge in [-0.1, -0.05) is 38.5 Å². The molecule has 0 radical (unpaired) electrons. The summed E-state index contributed by atoms with van der Waals surface area (Å²) in [6, 6.07) is 0. The summed E-state index contributed by atoms with van der Waals surface area (Å²) in [6.07, 6.45) is 9.88. The van der Waals surface area contributed by atoms with Crippen molar-refractivity contribution in [1.29, 1.82) is 0 Å². The molecule has 2 rings (SSSR count). The highest BCUT2D eigenvalue weighted by molar-refractivity contribution is 5.60. The molecule has 2 saturated carbocycles. The summed E-state index contributed by atoms with van der Waals surface area (Å²) in [4.78, 5) is 11.8. The third kappa shape index (κ3) is 2.95. The number of hydrogen-bond acceptors (Lipinski definition) is 2. The minimum absolute atomic E-state index is 0.139. The van der Waals surface area contributed by atoms with Gasteiger partial charge in [0, 0.05) is 5.41 Å². The topological polar surface area (TPSA) is 37.3 Å². The Kier molecular flexibility index (Phi) is 4.73. The number of aldehydes is 1. The SMILES string of the molecule is C=CC(C)(O)CCC1C(=C)CCC2C(C)(C=O)CCCC12C. The number of carbonyl (C=O) groups is 1. The van der Waals surface area contributed by atoms with Crippen molar-refractivity contribution in [3.05, 3.63) is 24.8 Å². The van der Waals surface area contributed by atoms with Gasteiger partial charge < -0.3 is 9.90 Å². The van der Waals surface area contributed by atoms with Crippen LogP contribution in [0.2, 0.25) is 0 Å². The van der Waals surface area contributed by atoms with E-state index in [9.17, 15) is 9.90 Å². The van der Waals surface area contributed by atoms with Crippen molar-refractivity contribution >= 4 is 6.29 Å². The molecule has 0 amide bonds. The minimum Gasteiger partial charge on any atom is -0.386 e. The van der Waals surface area contributed by atoms with Crippen molar-refractivity contribution in [3.8, 4) is 0 Å². The maximum atomic E-state index is 11.8. The normalized spacial score (nSPS) is 41.4. The maximum Gasteiger partial charge on any atom is 0.126 e. The lowest BCUT2D eigenvalue weighted by atomic mass is 9.47. The van der Waals surface area contributed by atoms with Gasteiger partial charge in [0.1, 0.15) is 6.29 Å². The number of hydrogen-bond donors (Lipinski definition) is 1. The number of aliphatic hydroxyl groups is 1. The highest BCUT2D eigenvalue weighted by Gasteiger charge is 2.54. The van der Waals surface area contributed by atoms with Crippen LogP contribution in [0.4, 0.5) is 0 Å². The summed E-state index contributed by atoms with van der Waals surface area (Å²) in [7, 11) is 0. The first-order valence-corrected chi connectivity index (χ1v) is 8.68. The van der Waals surface area contributed by atoms with Gasteiger partial charge in [-0.05, 0) is 62.7 Å². The molecule has 124 valence electrons. The maximum absolute atomic E-state index is 11.8. The standard InChI is InChI=1S/C20H32O2/c1-6-19(4,22)13-10-16-15(2)8-9-17-18(3,14-21)11-7-12-20(16,17)5/h6,14,16-17,22H,1-2,7-13H2,3-5H3. The van der Waals surface area contributed by atoms with E-state index in [2.05, 4.69) is 27.0 Å². The summed E-state index contributed by atoms with van der Waals surface area (Å²) in [6.45, 7) is 14.4. The van der Waals surface area contributed by atoms with Crippen LogP contribution in [0.5, 0.6) is 0 Å². The Balaban J connectivity index is 2.26. The van der Waals surface area contributed by atoms with Crippen molar-refractivity contribution in [2.24, 2.45) is 22.7 Å². The van der Waals surface area contributed by atoms with Gasteiger partial charge in [-0.2, -0.15) is 0 Å². The molecule has 0 aromatic carbocycles. The second-order valence-corrected chi connectivity index (χ2v) is 8.39. The van der Waals surface area contributed by atoms with E-state index in [0.717, 1.165) is 32.1 Å². The predicted octanol–water partition coefficient (Wildman–Crippen LogP) is 4.68. The zero-order valence-corrected chi connectivity index (χ0v) is 14.5. The van der Waals surface area contributed by atoms with Crippen LogP contribution in [0.1, 0.15) is 65.7 Å². The van der Waals surface area contributed by atoms with Crippen molar-refractivity contribution < 1.29 is 9.90 Å². The lowest BCUT2D eigenvalue weighted by Crippen LogP contribution is -2.51. The summed E-state index contributed by atoms with van der Waals surface area (Å²) >= 11 is 0. The molecule has 2 nitrogen and oxygen atoms in total. The van der Waals surface area contributed by atoms with Crippen LogP contribution in [-0.2, 0) is 4.79 Å². The molecular formula is C20H32O2. The summed E-state index contributed by atoms with van der Waals surface area (Å²) in [5, 5.41) is 10.3. The Labute approximate surface area is 135 Å². The molecule has 0 heterocycles. The van der Waals surface area contributed by atoms with E-state index in [1.165, 1.54) is 18.3 Å². The molecule has 0 bridgehead atoms. The van der Waals surface area contributed by atoms with E-state index in [0.29, 0.717) is 18.3 Å². The average molecular weight is 304 g/mol. The Morgan fingerprint density at radius 2 is 2.09 bits per heavy atom. The van der Waals surface area contributed by atoms with Crippen LogP contribution < -0.4 is 0 Å². The molecule has 0 spiro atoms. The van der Waals surface area contributed by atoms with Gasteiger partial charge in [-0.25, -0.2) is 0 Å². The zero-order valence-electron chi connectivity index (χ0n) is 14.5. The van der Waals surface area contributed by atoms with Gasteiger partial charge in [0.2, 0.25) is 0 Å². The van der Waals surface area contributed by atoms with Crippen LogP contribution >= 0.6 is 0 Å². The molecule has 2 aliphatic rings. The molecule has 2 aliphatic carbocycles. The molecule has 0 aromatic heterocycles. The van der Waals surface area contributed by atoms with E-state index in [1.807, 2.05) is 6.92 Å². The molecule has 2 fully saturated rings. The molecular weight excluding hydrogens is 272 g/mol. The van der Waals surface area contributed by atoms with E-state index >= 15 is 0 Å². The van der Waals surface area contributed by atoms with Gasteiger partial charge in [-0.15, -0.1) is 6.58 Å². The Bertz CT molecular complexity index is 464. The molecule has 22 heavy (non-hydrogen) atoms. The first-order chi connectivity index (χ1) is 10.2. The molecule has 1 N–H and O–H groups in total. The fourth-order valence-corrected chi connectivity index (χ4v) is 5.21. The van der Waals surface area contributed by atoms with Gasteiger partial charge in [0.25, 0.3) is 0 Å². The molecule has 0 aliphatic heterocycles. The van der Waals surface area contributed by atoms with Crippen LogP contribution in [0.25, 0.3) is 0 Å². The zero-order chi connectivity index (χ0) is 16.6. The largest absolute Gasteiger partial charge is 0.386 e. The molecule has 5 atom stereocenters. The Hall–Kier alpha value is -0.890. The Morgan fingerprint density at radius 1 is 1.41 bits per heavy atom. The lowest BCUT2D eigenvalue weighted by Gasteiger charge is -2.57. The van der Waals surface area contributed by atoms with Gasteiger partial charge in [-0.3, -0.25) is 0 Å². The van der Waals surface area contributed by atoms with E-state index in [-0.39, 0.29) is 10.8 Å². The first kappa shape index (κ1) is 17.5. The highest BCUT2D eigenvalue weighted by atomic mass is 16.3.